The lowest BCUT2D eigenvalue weighted by Gasteiger charge is -2.36. The van der Waals surface area contributed by atoms with Gasteiger partial charge in [0.2, 0.25) is 0 Å². The molecule has 0 spiro atoms. The fraction of sp³-hybridized carbons (Fsp3) is 1.00. The van der Waals surface area contributed by atoms with Crippen molar-refractivity contribution in [1.82, 2.24) is 0 Å². The normalized spacial score (nSPS) is 38.8. The van der Waals surface area contributed by atoms with Crippen molar-refractivity contribution in [3.8, 4) is 0 Å². The summed E-state index contributed by atoms with van der Waals surface area (Å²) in [6, 6.07) is 0.540. The molecular weight excluding hydrogens is 146 g/mol. The van der Waals surface area contributed by atoms with Crippen LogP contribution in [0.5, 0.6) is 0 Å². The standard InChI is InChI=1S/C11H21N/c12-11-8-3-1-2-7-10(11)9-5-4-6-9/h9-11H,1-8,12H2. The molecule has 0 radical (unpaired) electrons. The maximum Gasteiger partial charge on any atom is 0.00698 e. The van der Waals surface area contributed by atoms with Crippen LogP contribution < -0.4 is 5.73 Å². The van der Waals surface area contributed by atoms with Gasteiger partial charge in [0, 0.05) is 6.04 Å². The van der Waals surface area contributed by atoms with Crippen LogP contribution in [0.25, 0.3) is 0 Å². The zero-order valence-electron chi connectivity index (χ0n) is 7.97. The van der Waals surface area contributed by atoms with Gasteiger partial charge in [0.25, 0.3) is 0 Å². The summed E-state index contributed by atoms with van der Waals surface area (Å²) >= 11 is 0. The Balaban J connectivity index is 1.90. The van der Waals surface area contributed by atoms with Crippen molar-refractivity contribution in [3.05, 3.63) is 0 Å². The van der Waals surface area contributed by atoms with Gasteiger partial charge in [-0.25, -0.2) is 0 Å². The molecule has 0 saturated heterocycles. The second-order valence-corrected chi connectivity index (χ2v) is 4.66. The predicted octanol–water partition coefficient (Wildman–Crippen LogP) is 2.69. The van der Waals surface area contributed by atoms with E-state index in [0.717, 1.165) is 11.8 Å². The number of hydrogen-bond donors (Lipinski definition) is 1. The Bertz CT molecular complexity index is 140. The summed E-state index contributed by atoms with van der Waals surface area (Å²) < 4.78 is 0. The van der Waals surface area contributed by atoms with E-state index >= 15 is 0 Å². The van der Waals surface area contributed by atoms with Crippen LogP contribution in [0.3, 0.4) is 0 Å². The maximum absolute atomic E-state index is 6.19. The summed E-state index contributed by atoms with van der Waals surface area (Å²) in [5.41, 5.74) is 6.19. The van der Waals surface area contributed by atoms with E-state index in [1.807, 2.05) is 0 Å². The van der Waals surface area contributed by atoms with Gasteiger partial charge in [-0.1, -0.05) is 38.5 Å². The fourth-order valence-electron chi connectivity index (χ4n) is 2.82. The van der Waals surface area contributed by atoms with Crippen molar-refractivity contribution in [2.75, 3.05) is 0 Å². The summed E-state index contributed by atoms with van der Waals surface area (Å²) in [6.45, 7) is 0. The van der Waals surface area contributed by atoms with E-state index in [4.69, 9.17) is 5.73 Å². The summed E-state index contributed by atoms with van der Waals surface area (Å²) in [5, 5.41) is 0. The highest BCUT2D eigenvalue weighted by Crippen LogP contribution is 2.39. The van der Waals surface area contributed by atoms with Crippen molar-refractivity contribution in [2.24, 2.45) is 17.6 Å². The molecule has 2 aliphatic rings. The monoisotopic (exact) mass is 167 g/mol. The SMILES string of the molecule is NC1CCCCCC1C1CCC1. The van der Waals surface area contributed by atoms with E-state index in [-0.39, 0.29) is 0 Å². The topological polar surface area (TPSA) is 26.0 Å². The smallest absolute Gasteiger partial charge is 0.00698 e. The average molecular weight is 167 g/mol. The van der Waals surface area contributed by atoms with E-state index in [1.54, 1.807) is 0 Å². The molecule has 2 aliphatic carbocycles. The Morgan fingerprint density at radius 2 is 1.50 bits per heavy atom. The zero-order valence-corrected chi connectivity index (χ0v) is 7.97. The third kappa shape index (κ3) is 1.66. The Labute approximate surface area is 75.7 Å². The third-order valence-electron chi connectivity index (χ3n) is 3.88. The Hall–Kier alpha value is -0.0400. The van der Waals surface area contributed by atoms with Crippen LogP contribution in [0.4, 0.5) is 0 Å². The lowest BCUT2D eigenvalue weighted by atomic mass is 9.71. The minimum atomic E-state index is 0.540. The first-order valence-corrected chi connectivity index (χ1v) is 5.63. The molecule has 70 valence electrons. The van der Waals surface area contributed by atoms with Crippen LogP contribution in [-0.2, 0) is 0 Å². The molecule has 0 bridgehead atoms. The third-order valence-corrected chi connectivity index (χ3v) is 3.88. The molecule has 0 aromatic heterocycles. The Kier molecular flexibility index (Phi) is 2.69. The highest BCUT2D eigenvalue weighted by Gasteiger charge is 2.31. The minimum absolute atomic E-state index is 0.540. The fourth-order valence-corrected chi connectivity index (χ4v) is 2.82. The lowest BCUT2D eigenvalue weighted by molar-refractivity contribution is 0.169. The van der Waals surface area contributed by atoms with E-state index < -0.39 is 0 Å². The second kappa shape index (κ2) is 3.78. The quantitative estimate of drug-likeness (QED) is 0.597. The Morgan fingerprint density at radius 1 is 0.750 bits per heavy atom. The molecule has 1 heteroatoms. The van der Waals surface area contributed by atoms with Gasteiger partial charge in [-0.15, -0.1) is 0 Å². The van der Waals surface area contributed by atoms with Crippen molar-refractivity contribution >= 4 is 0 Å². The summed E-state index contributed by atoms with van der Waals surface area (Å²) in [5.74, 6) is 1.90. The lowest BCUT2D eigenvalue weighted by Crippen LogP contribution is -2.36. The van der Waals surface area contributed by atoms with Crippen LogP contribution in [0, 0.1) is 11.8 Å². The van der Waals surface area contributed by atoms with E-state index in [9.17, 15) is 0 Å². The molecule has 2 saturated carbocycles. The molecule has 0 aromatic carbocycles. The summed E-state index contributed by atoms with van der Waals surface area (Å²) in [4.78, 5) is 0. The molecule has 2 fully saturated rings. The van der Waals surface area contributed by atoms with E-state index in [2.05, 4.69) is 0 Å². The minimum Gasteiger partial charge on any atom is -0.327 e. The van der Waals surface area contributed by atoms with Crippen molar-refractivity contribution in [1.29, 1.82) is 0 Å². The molecule has 2 unspecified atom stereocenters. The average Bonchev–Trinajstić information content (AvgIpc) is 2.13. The molecule has 2 rings (SSSR count). The van der Waals surface area contributed by atoms with E-state index in [0.29, 0.717) is 6.04 Å². The largest absolute Gasteiger partial charge is 0.327 e. The Morgan fingerprint density at radius 3 is 2.17 bits per heavy atom. The highest BCUT2D eigenvalue weighted by molar-refractivity contribution is 4.85. The van der Waals surface area contributed by atoms with Crippen LogP contribution in [0.1, 0.15) is 51.4 Å². The maximum atomic E-state index is 6.19. The van der Waals surface area contributed by atoms with Gasteiger partial charge in [-0.2, -0.15) is 0 Å². The highest BCUT2D eigenvalue weighted by atomic mass is 14.7. The molecule has 0 heterocycles. The van der Waals surface area contributed by atoms with Crippen molar-refractivity contribution in [2.45, 2.75) is 57.4 Å². The molecule has 0 aliphatic heterocycles. The predicted molar refractivity (Wildman–Crippen MR) is 51.9 cm³/mol. The van der Waals surface area contributed by atoms with Gasteiger partial charge in [0.05, 0.1) is 0 Å². The number of rotatable bonds is 1. The van der Waals surface area contributed by atoms with Gasteiger partial charge in [0.15, 0.2) is 0 Å². The first-order valence-electron chi connectivity index (χ1n) is 5.63. The van der Waals surface area contributed by atoms with Crippen LogP contribution in [-0.4, -0.2) is 6.04 Å². The van der Waals surface area contributed by atoms with Gasteiger partial charge in [-0.05, 0) is 24.7 Å². The molecule has 2 atom stereocenters. The van der Waals surface area contributed by atoms with Crippen LogP contribution in [0.2, 0.25) is 0 Å². The molecule has 1 nitrogen and oxygen atoms in total. The zero-order chi connectivity index (χ0) is 8.39. The van der Waals surface area contributed by atoms with Crippen molar-refractivity contribution in [3.63, 3.8) is 0 Å². The number of nitrogens with two attached hydrogens (primary N) is 1. The molecule has 0 aromatic rings. The van der Waals surface area contributed by atoms with Gasteiger partial charge in [-0.3, -0.25) is 0 Å². The van der Waals surface area contributed by atoms with Gasteiger partial charge >= 0.3 is 0 Å². The first kappa shape index (κ1) is 8.55. The van der Waals surface area contributed by atoms with E-state index in [1.165, 1.54) is 51.4 Å². The molecular formula is C11H21N. The molecule has 0 amide bonds. The van der Waals surface area contributed by atoms with Crippen LogP contribution in [0.15, 0.2) is 0 Å². The molecule has 2 N–H and O–H groups in total. The second-order valence-electron chi connectivity index (χ2n) is 4.66. The van der Waals surface area contributed by atoms with Crippen molar-refractivity contribution < 1.29 is 0 Å². The summed E-state index contributed by atoms with van der Waals surface area (Å²) in [6.07, 6.45) is 11.4. The molecule has 12 heavy (non-hydrogen) atoms. The summed E-state index contributed by atoms with van der Waals surface area (Å²) in [7, 11) is 0. The first-order chi connectivity index (χ1) is 5.88. The van der Waals surface area contributed by atoms with Crippen LogP contribution >= 0.6 is 0 Å². The van der Waals surface area contributed by atoms with Gasteiger partial charge < -0.3 is 5.73 Å². The van der Waals surface area contributed by atoms with Gasteiger partial charge in [0.1, 0.15) is 0 Å². The number of hydrogen-bond acceptors (Lipinski definition) is 1.